The molecule has 1 amide bonds. The van der Waals surface area contributed by atoms with Crippen LogP contribution in [0.15, 0.2) is 24.3 Å². The molecule has 0 aromatic heterocycles. The van der Waals surface area contributed by atoms with Gasteiger partial charge in [-0.25, -0.2) is 0 Å². The van der Waals surface area contributed by atoms with Gasteiger partial charge in [0.2, 0.25) is 5.91 Å². The summed E-state index contributed by atoms with van der Waals surface area (Å²) < 4.78 is 0. The highest BCUT2D eigenvalue weighted by atomic mass is 35.5. The molecular formula is C14H19ClN2O. The zero-order valence-electron chi connectivity index (χ0n) is 10.6. The van der Waals surface area contributed by atoms with E-state index in [1.807, 2.05) is 31.2 Å². The zero-order valence-corrected chi connectivity index (χ0v) is 11.3. The fourth-order valence-corrected chi connectivity index (χ4v) is 2.72. The molecule has 3 N–H and O–H groups in total. The fraction of sp³-hybridized carbons (Fsp3) is 0.500. The molecule has 1 aromatic rings. The number of amides is 1. The van der Waals surface area contributed by atoms with Crippen LogP contribution >= 0.6 is 11.6 Å². The van der Waals surface area contributed by atoms with Crippen LogP contribution in [-0.4, -0.2) is 11.9 Å². The van der Waals surface area contributed by atoms with Crippen LogP contribution in [0.3, 0.4) is 0 Å². The Morgan fingerprint density at radius 3 is 3.00 bits per heavy atom. The smallest absolute Gasteiger partial charge is 0.227 e. The van der Waals surface area contributed by atoms with Gasteiger partial charge in [0.25, 0.3) is 0 Å². The number of rotatable bonds is 3. The van der Waals surface area contributed by atoms with E-state index < -0.39 is 5.41 Å². The average Bonchev–Trinajstić information content (AvgIpc) is 2.68. The largest absolute Gasteiger partial charge is 0.352 e. The Bertz CT molecular complexity index is 449. The van der Waals surface area contributed by atoms with Crippen LogP contribution < -0.4 is 11.1 Å². The number of hydrogen-bond acceptors (Lipinski definition) is 2. The molecule has 1 saturated carbocycles. The number of carbonyl (C=O) groups is 1. The highest BCUT2D eigenvalue weighted by Gasteiger charge is 2.42. The van der Waals surface area contributed by atoms with E-state index in [9.17, 15) is 4.79 Å². The second-order valence-corrected chi connectivity index (χ2v) is 5.67. The monoisotopic (exact) mass is 266 g/mol. The standard InChI is InChI=1S/C14H19ClN2O/c1-14(7-3-6-12(14)16)13(18)17-9-10-4-2-5-11(15)8-10/h2,4-5,8,12H,3,6-7,9,16H2,1H3,(H,17,18). The molecule has 18 heavy (non-hydrogen) atoms. The van der Waals surface area contributed by atoms with E-state index in [1.54, 1.807) is 0 Å². The molecule has 1 aromatic carbocycles. The molecule has 0 saturated heterocycles. The third-order valence-corrected chi connectivity index (χ3v) is 4.13. The minimum absolute atomic E-state index is 0.0307. The summed E-state index contributed by atoms with van der Waals surface area (Å²) in [5.74, 6) is 0.0486. The lowest BCUT2D eigenvalue weighted by atomic mass is 9.84. The first kappa shape index (κ1) is 13.4. The first-order valence-corrected chi connectivity index (χ1v) is 6.68. The average molecular weight is 267 g/mol. The predicted octanol–water partition coefficient (Wildman–Crippen LogP) is 2.47. The van der Waals surface area contributed by atoms with Gasteiger partial charge in [0.15, 0.2) is 0 Å². The van der Waals surface area contributed by atoms with Crippen LogP contribution in [0.4, 0.5) is 0 Å². The quantitative estimate of drug-likeness (QED) is 0.883. The predicted molar refractivity (Wildman–Crippen MR) is 73.2 cm³/mol. The van der Waals surface area contributed by atoms with Crippen LogP contribution in [0.1, 0.15) is 31.7 Å². The van der Waals surface area contributed by atoms with Gasteiger partial charge < -0.3 is 11.1 Å². The molecule has 0 heterocycles. The number of nitrogens with two attached hydrogens (primary N) is 1. The molecule has 2 rings (SSSR count). The zero-order chi connectivity index (χ0) is 13.2. The summed E-state index contributed by atoms with van der Waals surface area (Å²) in [6.07, 6.45) is 2.83. The molecule has 0 radical (unpaired) electrons. The Labute approximate surface area is 113 Å². The summed E-state index contributed by atoms with van der Waals surface area (Å²) in [4.78, 5) is 12.2. The van der Waals surface area contributed by atoms with Crippen molar-refractivity contribution in [3.8, 4) is 0 Å². The van der Waals surface area contributed by atoms with Crippen molar-refractivity contribution in [2.75, 3.05) is 0 Å². The van der Waals surface area contributed by atoms with Gasteiger partial charge in [-0.15, -0.1) is 0 Å². The first-order valence-electron chi connectivity index (χ1n) is 6.31. The second kappa shape index (κ2) is 5.29. The van der Waals surface area contributed by atoms with E-state index >= 15 is 0 Å². The maximum absolute atomic E-state index is 12.2. The molecule has 1 aliphatic rings. The SMILES string of the molecule is CC1(C(=O)NCc2cccc(Cl)c2)CCCC1N. The van der Waals surface area contributed by atoms with Crippen molar-refractivity contribution in [2.24, 2.45) is 11.1 Å². The topological polar surface area (TPSA) is 55.1 Å². The van der Waals surface area contributed by atoms with Crippen molar-refractivity contribution in [1.82, 2.24) is 5.32 Å². The van der Waals surface area contributed by atoms with Crippen LogP contribution in [-0.2, 0) is 11.3 Å². The van der Waals surface area contributed by atoms with E-state index in [4.69, 9.17) is 17.3 Å². The highest BCUT2D eigenvalue weighted by molar-refractivity contribution is 6.30. The van der Waals surface area contributed by atoms with Gasteiger partial charge in [-0.2, -0.15) is 0 Å². The van der Waals surface area contributed by atoms with Gasteiger partial charge >= 0.3 is 0 Å². The molecule has 0 spiro atoms. The highest BCUT2D eigenvalue weighted by Crippen LogP contribution is 2.36. The lowest BCUT2D eigenvalue weighted by molar-refractivity contribution is -0.130. The minimum Gasteiger partial charge on any atom is -0.352 e. The molecule has 1 aliphatic carbocycles. The van der Waals surface area contributed by atoms with Crippen LogP contribution in [0.25, 0.3) is 0 Å². The Kier molecular flexibility index (Phi) is 3.93. The summed E-state index contributed by atoms with van der Waals surface area (Å²) in [5, 5.41) is 3.65. The number of nitrogens with one attached hydrogen (secondary N) is 1. The Hall–Kier alpha value is -1.06. The number of hydrogen-bond donors (Lipinski definition) is 2. The van der Waals surface area contributed by atoms with Crippen molar-refractivity contribution < 1.29 is 4.79 Å². The number of carbonyl (C=O) groups excluding carboxylic acids is 1. The number of halogens is 1. The third kappa shape index (κ3) is 2.68. The summed E-state index contributed by atoms with van der Waals surface area (Å²) in [7, 11) is 0. The van der Waals surface area contributed by atoms with E-state index in [1.165, 1.54) is 0 Å². The van der Waals surface area contributed by atoms with Gasteiger partial charge in [0, 0.05) is 17.6 Å². The maximum atomic E-state index is 12.2. The molecule has 2 atom stereocenters. The number of benzene rings is 1. The molecular weight excluding hydrogens is 248 g/mol. The minimum atomic E-state index is -0.418. The van der Waals surface area contributed by atoms with Gasteiger partial charge in [-0.1, -0.05) is 30.2 Å². The first-order chi connectivity index (χ1) is 8.52. The Morgan fingerprint density at radius 1 is 1.61 bits per heavy atom. The molecule has 0 bridgehead atoms. The van der Waals surface area contributed by atoms with Crippen LogP contribution in [0, 0.1) is 5.41 Å². The van der Waals surface area contributed by atoms with E-state index in [2.05, 4.69) is 5.32 Å². The van der Waals surface area contributed by atoms with Crippen molar-refractivity contribution in [3.05, 3.63) is 34.9 Å². The lowest BCUT2D eigenvalue weighted by Gasteiger charge is -2.27. The normalized spacial score (nSPS) is 27.2. The molecule has 1 fully saturated rings. The Morgan fingerprint density at radius 2 is 2.39 bits per heavy atom. The van der Waals surface area contributed by atoms with Gasteiger partial charge in [0.1, 0.15) is 0 Å². The third-order valence-electron chi connectivity index (χ3n) is 3.89. The van der Waals surface area contributed by atoms with Gasteiger partial charge in [-0.3, -0.25) is 4.79 Å². The molecule has 98 valence electrons. The van der Waals surface area contributed by atoms with Crippen molar-refractivity contribution in [2.45, 2.75) is 38.8 Å². The van der Waals surface area contributed by atoms with E-state index in [0.717, 1.165) is 24.8 Å². The Balaban J connectivity index is 1.96. The van der Waals surface area contributed by atoms with Crippen LogP contribution in [0.2, 0.25) is 5.02 Å². The molecule has 0 aliphatic heterocycles. The molecule has 3 nitrogen and oxygen atoms in total. The van der Waals surface area contributed by atoms with Crippen molar-refractivity contribution in [3.63, 3.8) is 0 Å². The summed E-state index contributed by atoms with van der Waals surface area (Å²) in [6.45, 7) is 2.46. The van der Waals surface area contributed by atoms with Crippen LogP contribution in [0.5, 0.6) is 0 Å². The summed E-state index contributed by atoms with van der Waals surface area (Å²) >= 11 is 5.91. The molecule has 4 heteroatoms. The molecule has 2 unspecified atom stereocenters. The van der Waals surface area contributed by atoms with Crippen molar-refractivity contribution >= 4 is 17.5 Å². The van der Waals surface area contributed by atoms with E-state index in [-0.39, 0.29) is 11.9 Å². The fourth-order valence-electron chi connectivity index (χ4n) is 2.51. The summed E-state index contributed by atoms with van der Waals surface area (Å²) in [6, 6.07) is 7.48. The van der Waals surface area contributed by atoms with Gasteiger partial charge in [-0.05, 0) is 37.5 Å². The maximum Gasteiger partial charge on any atom is 0.227 e. The van der Waals surface area contributed by atoms with Gasteiger partial charge in [0.05, 0.1) is 5.41 Å². The summed E-state index contributed by atoms with van der Waals surface area (Å²) in [5.41, 5.74) is 6.61. The second-order valence-electron chi connectivity index (χ2n) is 5.23. The van der Waals surface area contributed by atoms with Crippen molar-refractivity contribution in [1.29, 1.82) is 0 Å². The van der Waals surface area contributed by atoms with E-state index in [0.29, 0.717) is 11.6 Å². The lowest BCUT2D eigenvalue weighted by Crippen LogP contribution is -2.47.